The highest BCUT2D eigenvalue weighted by molar-refractivity contribution is 5.90. The molecule has 5 nitrogen and oxygen atoms in total. The molecule has 0 radical (unpaired) electrons. The van der Waals surface area contributed by atoms with E-state index in [1.165, 1.54) is 0 Å². The van der Waals surface area contributed by atoms with Gasteiger partial charge in [0, 0.05) is 24.4 Å². The minimum Gasteiger partial charge on any atom is -0.352 e. The third-order valence-corrected chi connectivity index (χ3v) is 3.28. The van der Waals surface area contributed by atoms with Gasteiger partial charge in [0.25, 0.3) is 0 Å². The van der Waals surface area contributed by atoms with Crippen LogP contribution in [-0.2, 0) is 13.5 Å². The van der Waals surface area contributed by atoms with Gasteiger partial charge in [0.2, 0.25) is 5.43 Å². The first kappa shape index (κ1) is 11.5. The summed E-state index contributed by atoms with van der Waals surface area (Å²) in [6.07, 6.45) is 2.77. The van der Waals surface area contributed by atoms with Gasteiger partial charge in [0.15, 0.2) is 0 Å². The van der Waals surface area contributed by atoms with Crippen LogP contribution < -0.4 is 5.43 Å². The maximum absolute atomic E-state index is 12.5. The Labute approximate surface area is 109 Å². The third kappa shape index (κ3) is 1.78. The summed E-state index contributed by atoms with van der Waals surface area (Å²) in [6.45, 7) is 0. The third-order valence-electron chi connectivity index (χ3n) is 3.28. The molecule has 5 heteroatoms. The largest absolute Gasteiger partial charge is 0.352 e. The molecule has 94 valence electrons. The molecule has 1 aromatic carbocycles. The van der Waals surface area contributed by atoms with Gasteiger partial charge in [-0.05, 0) is 24.1 Å². The van der Waals surface area contributed by atoms with Crippen LogP contribution in [0.25, 0.3) is 21.9 Å². The number of benzene rings is 1. The van der Waals surface area contributed by atoms with Crippen molar-refractivity contribution >= 4 is 21.9 Å². The van der Waals surface area contributed by atoms with E-state index in [0.717, 1.165) is 16.6 Å². The lowest BCUT2D eigenvalue weighted by Gasteiger charge is -2.03. The van der Waals surface area contributed by atoms with Gasteiger partial charge in [-0.3, -0.25) is 9.48 Å². The Balaban J connectivity index is 2.30. The van der Waals surface area contributed by atoms with Crippen molar-refractivity contribution in [3.05, 3.63) is 40.2 Å². The average Bonchev–Trinajstić information content (AvgIpc) is 2.78. The van der Waals surface area contributed by atoms with Gasteiger partial charge >= 0.3 is 0 Å². The summed E-state index contributed by atoms with van der Waals surface area (Å²) in [5, 5.41) is 13.4. The van der Waals surface area contributed by atoms with Crippen molar-refractivity contribution in [2.24, 2.45) is 7.05 Å². The van der Waals surface area contributed by atoms with E-state index >= 15 is 0 Å². The van der Waals surface area contributed by atoms with Gasteiger partial charge in [-0.2, -0.15) is 10.4 Å². The molecule has 0 aliphatic rings. The molecule has 19 heavy (non-hydrogen) atoms. The summed E-state index contributed by atoms with van der Waals surface area (Å²) in [5.74, 6) is 0. The molecule has 0 aliphatic heterocycles. The molecule has 0 aliphatic carbocycles. The Morgan fingerprint density at radius 2 is 2.26 bits per heavy atom. The molecule has 0 spiro atoms. The van der Waals surface area contributed by atoms with Crippen molar-refractivity contribution in [3.63, 3.8) is 0 Å². The van der Waals surface area contributed by atoms with Gasteiger partial charge in [0.1, 0.15) is 5.52 Å². The van der Waals surface area contributed by atoms with E-state index in [4.69, 9.17) is 5.26 Å². The number of hydrogen-bond donors (Lipinski definition) is 1. The number of fused-ring (bicyclic) bond motifs is 2. The zero-order valence-corrected chi connectivity index (χ0v) is 10.5. The second kappa shape index (κ2) is 4.25. The van der Waals surface area contributed by atoms with Gasteiger partial charge in [0.05, 0.1) is 17.8 Å². The molecular weight excluding hydrogens is 240 g/mol. The monoisotopic (exact) mass is 252 g/mol. The van der Waals surface area contributed by atoms with Gasteiger partial charge in [-0.15, -0.1) is 0 Å². The second-order valence-electron chi connectivity index (χ2n) is 4.52. The lowest BCUT2D eigenvalue weighted by molar-refractivity contribution is 0.795. The zero-order chi connectivity index (χ0) is 13.4. The maximum Gasteiger partial charge on any atom is 0.215 e. The number of aromatic nitrogens is 3. The average molecular weight is 252 g/mol. The van der Waals surface area contributed by atoms with Crippen LogP contribution in [0.15, 0.2) is 29.2 Å². The molecule has 0 fully saturated rings. The Kier molecular flexibility index (Phi) is 2.57. The summed E-state index contributed by atoms with van der Waals surface area (Å²) in [4.78, 5) is 15.7. The van der Waals surface area contributed by atoms with Crippen LogP contribution >= 0.6 is 0 Å². The highest BCUT2D eigenvalue weighted by Crippen LogP contribution is 2.16. The Morgan fingerprint density at radius 1 is 1.42 bits per heavy atom. The molecule has 0 amide bonds. The van der Waals surface area contributed by atoms with Crippen molar-refractivity contribution in [2.75, 3.05) is 0 Å². The Bertz CT molecular complexity index is 867. The van der Waals surface area contributed by atoms with Gasteiger partial charge in [-0.25, -0.2) is 0 Å². The fourth-order valence-electron chi connectivity index (χ4n) is 2.31. The van der Waals surface area contributed by atoms with Crippen LogP contribution in [0, 0.1) is 11.3 Å². The molecule has 2 aromatic heterocycles. The molecule has 3 rings (SSSR count). The highest BCUT2D eigenvalue weighted by atomic mass is 16.1. The SMILES string of the molecule is Cn1ncc2[nH]c3ccc(CCC#N)cc3c(=O)c21. The van der Waals surface area contributed by atoms with Crippen LogP contribution in [0.4, 0.5) is 0 Å². The fraction of sp³-hybridized carbons (Fsp3) is 0.214. The van der Waals surface area contributed by atoms with Gasteiger partial charge < -0.3 is 4.98 Å². The van der Waals surface area contributed by atoms with Crippen molar-refractivity contribution in [2.45, 2.75) is 12.8 Å². The number of hydrogen-bond acceptors (Lipinski definition) is 3. The number of nitrogens with zero attached hydrogens (tertiary/aromatic N) is 3. The van der Waals surface area contributed by atoms with Crippen LogP contribution in [0.5, 0.6) is 0 Å². The normalized spacial score (nSPS) is 10.9. The molecule has 2 heterocycles. The first-order valence-electron chi connectivity index (χ1n) is 6.04. The molecular formula is C14H12N4O. The number of H-pyrrole nitrogens is 1. The Morgan fingerprint density at radius 3 is 3.05 bits per heavy atom. The van der Waals surface area contributed by atoms with Gasteiger partial charge in [-0.1, -0.05) is 6.07 Å². The molecule has 0 unspecified atom stereocenters. The lowest BCUT2D eigenvalue weighted by atomic mass is 10.1. The standard InChI is InChI=1S/C14H12N4O/c1-18-13-12(8-16-18)17-11-5-4-9(3-2-6-15)7-10(11)14(13)19/h4-5,7-8H,2-3H2,1H3,(H,17,19). The van der Waals surface area contributed by atoms with Crippen molar-refractivity contribution in [1.82, 2.24) is 14.8 Å². The molecule has 3 aromatic rings. The first-order valence-corrected chi connectivity index (χ1v) is 6.04. The van der Waals surface area contributed by atoms with Crippen LogP contribution in [0.2, 0.25) is 0 Å². The molecule has 0 bridgehead atoms. The smallest absolute Gasteiger partial charge is 0.215 e. The lowest BCUT2D eigenvalue weighted by Crippen LogP contribution is -2.08. The molecule has 1 N–H and O–H groups in total. The summed E-state index contributed by atoms with van der Waals surface area (Å²) in [5.41, 5.74) is 3.09. The topological polar surface area (TPSA) is 74.5 Å². The predicted octanol–water partition coefficient (Wildman–Crippen LogP) is 1.87. The van der Waals surface area contributed by atoms with Crippen LogP contribution in [0.3, 0.4) is 0 Å². The Hall–Kier alpha value is -2.61. The van der Waals surface area contributed by atoms with Crippen molar-refractivity contribution in [3.8, 4) is 6.07 Å². The van der Waals surface area contributed by atoms with E-state index in [-0.39, 0.29) is 5.43 Å². The quantitative estimate of drug-likeness (QED) is 0.756. The minimum atomic E-state index is -0.0254. The van der Waals surface area contributed by atoms with Crippen molar-refractivity contribution in [1.29, 1.82) is 5.26 Å². The van der Waals surface area contributed by atoms with E-state index < -0.39 is 0 Å². The number of pyridine rings is 1. The number of nitriles is 1. The fourth-order valence-corrected chi connectivity index (χ4v) is 2.31. The van der Waals surface area contributed by atoms with E-state index in [0.29, 0.717) is 23.7 Å². The first-order chi connectivity index (χ1) is 9.20. The summed E-state index contributed by atoms with van der Waals surface area (Å²) in [6, 6.07) is 7.80. The maximum atomic E-state index is 12.5. The second-order valence-corrected chi connectivity index (χ2v) is 4.52. The number of aromatic amines is 1. The van der Waals surface area contributed by atoms with E-state index in [9.17, 15) is 4.79 Å². The number of aryl methyl sites for hydroxylation is 2. The minimum absolute atomic E-state index is 0.0254. The molecule has 0 atom stereocenters. The molecule has 0 saturated heterocycles. The summed E-state index contributed by atoms with van der Waals surface area (Å²) in [7, 11) is 1.75. The summed E-state index contributed by atoms with van der Waals surface area (Å²) >= 11 is 0. The van der Waals surface area contributed by atoms with E-state index in [2.05, 4.69) is 16.2 Å². The van der Waals surface area contributed by atoms with E-state index in [1.807, 2.05) is 18.2 Å². The zero-order valence-electron chi connectivity index (χ0n) is 10.5. The highest BCUT2D eigenvalue weighted by Gasteiger charge is 2.09. The number of rotatable bonds is 2. The van der Waals surface area contributed by atoms with E-state index in [1.54, 1.807) is 17.9 Å². The number of nitrogens with one attached hydrogen (secondary N) is 1. The van der Waals surface area contributed by atoms with Crippen molar-refractivity contribution < 1.29 is 0 Å². The summed E-state index contributed by atoms with van der Waals surface area (Å²) < 4.78 is 1.58. The molecule has 0 saturated carbocycles. The van der Waals surface area contributed by atoms with Crippen LogP contribution in [-0.4, -0.2) is 14.8 Å². The van der Waals surface area contributed by atoms with Crippen LogP contribution in [0.1, 0.15) is 12.0 Å². The predicted molar refractivity (Wildman–Crippen MR) is 72.8 cm³/mol.